The number of likely N-dealkylation sites (tertiary alicyclic amines) is 1. The van der Waals surface area contributed by atoms with Gasteiger partial charge in [-0.2, -0.15) is 0 Å². The first-order valence-electron chi connectivity index (χ1n) is 12.6. The average Bonchev–Trinajstić information content (AvgIpc) is 3.36. The molecule has 3 aliphatic heterocycles. The first kappa shape index (κ1) is 26.0. The molecular formula is C24H41ClN2O5S. The summed E-state index contributed by atoms with van der Waals surface area (Å²) in [5.41, 5.74) is -0.551. The molecule has 33 heavy (non-hydrogen) atoms. The summed E-state index contributed by atoms with van der Waals surface area (Å²) in [6.45, 7) is 3.42. The van der Waals surface area contributed by atoms with Gasteiger partial charge >= 0.3 is 0 Å². The van der Waals surface area contributed by atoms with Crippen molar-refractivity contribution in [2.24, 2.45) is 17.8 Å². The third-order valence-corrected chi connectivity index (χ3v) is 9.53. The lowest BCUT2D eigenvalue weighted by atomic mass is 9.81. The molecule has 1 aliphatic carbocycles. The molecule has 1 amide bonds. The molecule has 4 fully saturated rings. The summed E-state index contributed by atoms with van der Waals surface area (Å²) in [5, 5.41) is 23.3. The number of amides is 1. The molecule has 0 aromatic rings. The van der Waals surface area contributed by atoms with Gasteiger partial charge < -0.3 is 25.0 Å². The van der Waals surface area contributed by atoms with Crippen LogP contribution in [0.4, 0.5) is 0 Å². The van der Waals surface area contributed by atoms with E-state index in [9.17, 15) is 15.0 Å². The van der Waals surface area contributed by atoms with E-state index in [1.54, 1.807) is 0 Å². The van der Waals surface area contributed by atoms with Crippen LogP contribution in [-0.4, -0.2) is 94.8 Å². The van der Waals surface area contributed by atoms with E-state index in [0.29, 0.717) is 11.8 Å². The van der Waals surface area contributed by atoms with Crippen molar-refractivity contribution in [3.05, 3.63) is 0 Å². The molecular weight excluding hydrogens is 464 g/mol. The number of fused-ring (bicyclic) bond motifs is 1. The number of alkyl halides is 1. The Labute approximate surface area is 207 Å². The highest BCUT2D eigenvalue weighted by molar-refractivity contribution is 7.99. The summed E-state index contributed by atoms with van der Waals surface area (Å²) in [4.78, 5) is 15.7. The smallest absolute Gasteiger partial charge is 0.240 e. The van der Waals surface area contributed by atoms with Gasteiger partial charge in [0.1, 0.15) is 17.6 Å². The molecule has 190 valence electrons. The van der Waals surface area contributed by atoms with E-state index in [0.717, 1.165) is 31.9 Å². The average molecular weight is 505 g/mol. The lowest BCUT2D eigenvalue weighted by molar-refractivity contribution is -0.149. The molecule has 0 spiro atoms. The number of rotatable bonds is 6. The molecule has 0 radical (unpaired) electrons. The molecule has 4 aliphatic rings. The maximum Gasteiger partial charge on any atom is 0.240 e. The zero-order valence-corrected chi connectivity index (χ0v) is 21.6. The predicted octanol–water partition coefficient (Wildman–Crippen LogP) is 2.21. The van der Waals surface area contributed by atoms with E-state index in [1.807, 2.05) is 20.2 Å². The Bertz CT molecular complexity index is 667. The fourth-order valence-electron chi connectivity index (χ4n) is 6.65. The Morgan fingerprint density at radius 3 is 2.55 bits per heavy atom. The van der Waals surface area contributed by atoms with Crippen LogP contribution < -0.4 is 5.32 Å². The zero-order valence-electron chi connectivity index (χ0n) is 20.1. The van der Waals surface area contributed by atoms with Crippen LogP contribution in [0.1, 0.15) is 51.9 Å². The van der Waals surface area contributed by atoms with Crippen molar-refractivity contribution in [1.82, 2.24) is 10.2 Å². The molecule has 3 heterocycles. The second kappa shape index (κ2) is 11.3. The summed E-state index contributed by atoms with van der Waals surface area (Å²) in [6.07, 6.45) is 7.26. The number of hydrogen-bond donors (Lipinski definition) is 3. The van der Waals surface area contributed by atoms with Crippen LogP contribution in [0.2, 0.25) is 0 Å². The van der Waals surface area contributed by atoms with Gasteiger partial charge in [0.05, 0.1) is 29.7 Å². The molecule has 1 saturated carbocycles. The van der Waals surface area contributed by atoms with Gasteiger partial charge in [-0.1, -0.05) is 25.7 Å². The molecule has 3 saturated heterocycles. The number of nitrogens with one attached hydrogen (secondary N) is 1. The zero-order chi connectivity index (χ0) is 23.7. The highest BCUT2D eigenvalue weighted by Gasteiger charge is 2.49. The monoisotopic (exact) mass is 504 g/mol. The molecule has 4 rings (SSSR count). The third kappa shape index (κ3) is 5.68. The fraction of sp³-hybridized carbons (Fsp3) is 0.958. The van der Waals surface area contributed by atoms with Crippen molar-refractivity contribution in [1.29, 1.82) is 0 Å². The highest BCUT2D eigenvalue weighted by Crippen LogP contribution is 2.42. The maximum atomic E-state index is 13.6. The SMILES string of the molecule is CSC1O[C@H]([C@H](NC(=O)[C@@H]2[C@@H]3OCC[C@H](C4CCCC4)C[C@H]3CN2C)[C@H](C)Cl)CC(O)[C@H]1O. The van der Waals surface area contributed by atoms with Crippen molar-refractivity contribution in [3.63, 3.8) is 0 Å². The quantitative estimate of drug-likeness (QED) is 0.478. The molecule has 0 bridgehead atoms. The van der Waals surface area contributed by atoms with Gasteiger partial charge in [-0.15, -0.1) is 23.4 Å². The van der Waals surface area contributed by atoms with Gasteiger partial charge in [0.2, 0.25) is 5.91 Å². The summed E-state index contributed by atoms with van der Waals surface area (Å²) in [5.74, 6) is 1.81. The molecule has 9 heteroatoms. The van der Waals surface area contributed by atoms with E-state index in [2.05, 4.69) is 10.2 Å². The number of carbonyl (C=O) groups is 1. The molecule has 0 aromatic carbocycles. The Kier molecular flexibility index (Phi) is 8.91. The minimum Gasteiger partial charge on any atom is -0.390 e. The van der Waals surface area contributed by atoms with Crippen LogP contribution in [0, 0.1) is 17.8 Å². The Balaban J connectivity index is 1.43. The van der Waals surface area contributed by atoms with Crippen LogP contribution in [-0.2, 0) is 14.3 Å². The summed E-state index contributed by atoms with van der Waals surface area (Å²) >= 11 is 7.85. The number of nitrogens with zero attached hydrogens (tertiary/aromatic N) is 1. The van der Waals surface area contributed by atoms with Gasteiger partial charge in [0, 0.05) is 25.5 Å². The molecule has 7 nitrogen and oxygen atoms in total. The van der Waals surface area contributed by atoms with Crippen molar-refractivity contribution in [3.8, 4) is 0 Å². The number of thioether (sulfide) groups is 1. The van der Waals surface area contributed by atoms with Crippen LogP contribution in [0.3, 0.4) is 0 Å². The van der Waals surface area contributed by atoms with Crippen LogP contribution >= 0.6 is 23.4 Å². The number of aliphatic hydroxyl groups excluding tert-OH is 2. The van der Waals surface area contributed by atoms with E-state index < -0.39 is 35.2 Å². The Hall–Kier alpha value is -0.0900. The van der Waals surface area contributed by atoms with Crippen LogP contribution in [0.25, 0.3) is 0 Å². The number of aliphatic hydroxyl groups is 2. The number of likely N-dealkylation sites (N-methyl/N-ethyl adjacent to an activating group) is 1. The van der Waals surface area contributed by atoms with E-state index in [4.69, 9.17) is 21.1 Å². The second-order valence-electron chi connectivity index (χ2n) is 10.6. The Morgan fingerprint density at radius 2 is 1.88 bits per heavy atom. The van der Waals surface area contributed by atoms with E-state index >= 15 is 0 Å². The number of halogens is 1. The van der Waals surface area contributed by atoms with Crippen LogP contribution in [0.15, 0.2) is 0 Å². The lowest BCUT2D eigenvalue weighted by Gasteiger charge is -2.41. The van der Waals surface area contributed by atoms with Gasteiger partial charge in [0.15, 0.2) is 0 Å². The summed E-state index contributed by atoms with van der Waals surface area (Å²) in [6, 6.07) is -0.828. The van der Waals surface area contributed by atoms with Crippen LogP contribution in [0.5, 0.6) is 0 Å². The molecule has 3 N–H and O–H groups in total. The normalized spacial score (nSPS) is 42.5. The molecule has 2 unspecified atom stereocenters. The third-order valence-electron chi connectivity index (χ3n) is 8.41. The van der Waals surface area contributed by atoms with Crippen molar-refractivity contribution >= 4 is 29.3 Å². The predicted molar refractivity (Wildman–Crippen MR) is 130 cm³/mol. The number of hydrogen-bond acceptors (Lipinski definition) is 7. The molecule has 0 aromatic heterocycles. The van der Waals surface area contributed by atoms with Crippen molar-refractivity contribution in [2.75, 3.05) is 26.5 Å². The Morgan fingerprint density at radius 1 is 1.15 bits per heavy atom. The lowest BCUT2D eigenvalue weighted by Crippen LogP contribution is -2.59. The fourth-order valence-corrected chi connectivity index (χ4v) is 7.59. The summed E-state index contributed by atoms with van der Waals surface area (Å²) < 4.78 is 12.4. The number of ether oxygens (including phenoxy) is 2. The minimum atomic E-state index is -0.952. The summed E-state index contributed by atoms with van der Waals surface area (Å²) in [7, 11) is 2.01. The van der Waals surface area contributed by atoms with Gasteiger partial charge in [-0.05, 0) is 44.9 Å². The van der Waals surface area contributed by atoms with Gasteiger partial charge in [0.25, 0.3) is 0 Å². The van der Waals surface area contributed by atoms with Crippen molar-refractivity contribution in [2.45, 2.75) is 99.2 Å². The minimum absolute atomic E-state index is 0.0910. The topological polar surface area (TPSA) is 91.3 Å². The highest BCUT2D eigenvalue weighted by atomic mass is 35.5. The first-order valence-corrected chi connectivity index (χ1v) is 14.3. The van der Waals surface area contributed by atoms with Gasteiger partial charge in [-0.25, -0.2) is 0 Å². The van der Waals surface area contributed by atoms with Gasteiger partial charge in [-0.3, -0.25) is 9.69 Å². The number of carbonyl (C=O) groups excluding carboxylic acids is 1. The molecule has 10 atom stereocenters. The second-order valence-corrected chi connectivity index (χ2v) is 12.2. The van der Waals surface area contributed by atoms with Crippen molar-refractivity contribution < 1.29 is 24.5 Å². The largest absolute Gasteiger partial charge is 0.390 e. The first-order chi connectivity index (χ1) is 15.8. The van der Waals surface area contributed by atoms with E-state index in [-0.39, 0.29) is 24.5 Å². The maximum absolute atomic E-state index is 13.6. The van der Waals surface area contributed by atoms with E-state index in [1.165, 1.54) is 37.4 Å². The standard InChI is InChI=1S/C24H41ClN2O5S/c1-13(25)19(18-11-17(28)21(29)24(32-18)33-3)26-23(30)20-22-16(12-27(20)2)10-15(8-9-31-22)14-6-4-5-7-14/h13-22,24,28-29H,4-12H2,1-3H3,(H,26,30)/t13-,15-,16-,17?,18-,19+,20-,21+,22+,24?/m0/s1.